The molecule has 0 aliphatic carbocycles. The van der Waals surface area contributed by atoms with Crippen molar-refractivity contribution in [2.75, 3.05) is 11.9 Å². The number of likely N-dealkylation sites (N-methyl/N-ethyl adjacent to an activating group) is 1. The number of carbonyl (C=O) groups excluding carboxylic acids is 2. The van der Waals surface area contributed by atoms with Crippen molar-refractivity contribution in [3.05, 3.63) is 98.9 Å². The van der Waals surface area contributed by atoms with Crippen LogP contribution in [0.5, 0.6) is 0 Å². The van der Waals surface area contributed by atoms with E-state index in [1.165, 1.54) is 17.3 Å². The van der Waals surface area contributed by atoms with Gasteiger partial charge in [0.2, 0.25) is 0 Å². The van der Waals surface area contributed by atoms with Gasteiger partial charge in [-0.05, 0) is 54.5 Å². The number of fused-ring (bicyclic) bond motifs is 1. The zero-order valence-electron chi connectivity index (χ0n) is 17.2. The average Bonchev–Trinajstić information content (AvgIpc) is 2.76. The molecule has 0 bridgehead atoms. The molecule has 0 saturated heterocycles. The highest BCUT2D eigenvalue weighted by molar-refractivity contribution is 8.04. The summed E-state index contributed by atoms with van der Waals surface area (Å²) >= 11 is 7.45. The van der Waals surface area contributed by atoms with E-state index in [0.29, 0.717) is 22.0 Å². The predicted molar refractivity (Wildman–Crippen MR) is 127 cm³/mol. The molecule has 0 saturated carbocycles. The molecule has 1 aliphatic rings. The van der Waals surface area contributed by atoms with Gasteiger partial charge >= 0.3 is 0 Å². The highest BCUT2D eigenvalue weighted by Gasteiger charge is 2.27. The maximum Gasteiger partial charge on any atom is 0.264 e. The van der Waals surface area contributed by atoms with Crippen LogP contribution in [0, 0.1) is 6.92 Å². The molecule has 0 spiro atoms. The first-order chi connectivity index (χ1) is 14.9. The van der Waals surface area contributed by atoms with Crippen LogP contribution >= 0.6 is 23.4 Å². The third-order valence-electron chi connectivity index (χ3n) is 5.04. The number of halogens is 1. The average molecular weight is 449 g/mol. The first-order valence-corrected chi connectivity index (χ1v) is 11.0. The van der Waals surface area contributed by atoms with E-state index in [2.05, 4.69) is 5.32 Å². The van der Waals surface area contributed by atoms with Crippen molar-refractivity contribution in [3.8, 4) is 0 Å². The minimum Gasteiger partial charge on any atom is -0.348 e. The van der Waals surface area contributed by atoms with Gasteiger partial charge < -0.3 is 10.2 Å². The Balaban J connectivity index is 1.53. The highest BCUT2D eigenvalue weighted by Crippen LogP contribution is 2.42. The van der Waals surface area contributed by atoms with Gasteiger partial charge in [0.25, 0.3) is 11.8 Å². The Morgan fingerprint density at radius 3 is 2.61 bits per heavy atom. The standard InChI is InChI=1S/C25H21ClN2O2S/c1-16-6-8-17(9-7-16)15-27-24(29)19-10-11-22-21(14-19)28(2)25(30)23(31-22)13-18-4-3-5-20(26)12-18/h3-14H,15H2,1-2H3,(H,27,29). The Kier molecular flexibility index (Phi) is 6.16. The van der Waals surface area contributed by atoms with Crippen LogP contribution in [0.25, 0.3) is 6.08 Å². The molecule has 3 aromatic rings. The van der Waals surface area contributed by atoms with E-state index in [1.807, 2.05) is 61.5 Å². The van der Waals surface area contributed by atoms with E-state index in [4.69, 9.17) is 11.6 Å². The summed E-state index contributed by atoms with van der Waals surface area (Å²) in [5.41, 5.74) is 4.33. The van der Waals surface area contributed by atoms with Gasteiger partial charge in [-0.15, -0.1) is 0 Å². The molecule has 156 valence electrons. The Morgan fingerprint density at radius 1 is 1.10 bits per heavy atom. The second-order valence-corrected chi connectivity index (χ2v) is 8.90. The lowest BCUT2D eigenvalue weighted by atomic mass is 10.1. The molecule has 0 atom stereocenters. The lowest BCUT2D eigenvalue weighted by Gasteiger charge is -2.27. The quantitative estimate of drug-likeness (QED) is 0.522. The van der Waals surface area contributed by atoms with Gasteiger partial charge in [0.15, 0.2) is 0 Å². The van der Waals surface area contributed by atoms with Crippen molar-refractivity contribution >= 4 is 46.9 Å². The fourth-order valence-electron chi connectivity index (χ4n) is 3.27. The van der Waals surface area contributed by atoms with Gasteiger partial charge in [-0.25, -0.2) is 0 Å². The van der Waals surface area contributed by atoms with Crippen LogP contribution < -0.4 is 10.2 Å². The fraction of sp³-hybridized carbons (Fsp3) is 0.120. The number of hydrogen-bond acceptors (Lipinski definition) is 3. The van der Waals surface area contributed by atoms with Crippen molar-refractivity contribution in [1.82, 2.24) is 5.32 Å². The summed E-state index contributed by atoms with van der Waals surface area (Å²) in [4.78, 5) is 28.7. The molecule has 0 aromatic heterocycles. The third-order valence-corrected chi connectivity index (χ3v) is 6.35. The number of thioether (sulfide) groups is 1. The number of anilines is 1. The lowest BCUT2D eigenvalue weighted by Crippen LogP contribution is -2.31. The van der Waals surface area contributed by atoms with Crippen LogP contribution in [-0.2, 0) is 11.3 Å². The summed E-state index contributed by atoms with van der Waals surface area (Å²) in [6.45, 7) is 2.48. The molecule has 3 aromatic carbocycles. The molecule has 6 heteroatoms. The second kappa shape index (κ2) is 9.00. The first kappa shape index (κ1) is 21.2. The first-order valence-electron chi connectivity index (χ1n) is 9.82. The van der Waals surface area contributed by atoms with Gasteiger partial charge in [0, 0.05) is 29.1 Å². The van der Waals surface area contributed by atoms with Crippen molar-refractivity contribution in [1.29, 1.82) is 0 Å². The number of hydrogen-bond donors (Lipinski definition) is 1. The van der Waals surface area contributed by atoms with Crippen LogP contribution in [-0.4, -0.2) is 18.9 Å². The molecule has 1 heterocycles. The molecule has 4 nitrogen and oxygen atoms in total. The third kappa shape index (κ3) is 4.84. The predicted octanol–water partition coefficient (Wildman–Crippen LogP) is 5.69. The van der Waals surface area contributed by atoms with Gasteiger partial charge in [0.05, 0.1) is 10.6 Å². The van der Waals surface area contributed by atoms with Crippen molar-refractivity contribution in [2.24, 2.45) is 0 Å². The van der Waals surface area contributed by atoms with Gasteiger partial charge in [-0.1, -0.05) is 65.3 Å². The fourth-order valence-corrected chi connectivity index (χ4v) is 4.56. The second-order valence-electron chi connectivity index (χ2n) is 7.38. The number of amides is 2. The maximum absolute atomic E-state index is 12.9. The molecule has 0 radical (unpaired) electrons. The van der Waals surface area contributed by atoms with Crippen LogP contribution in [0.15, 0.2) is 76.5 Å². The zero-order chi connectivity index (χ0) is 22.0. The monoisotopic (exact) mass is 448 g/mol. The van der Waals surface area contributed by atoms with Crippen molar-refractivity contribution < 1.29 is 9.59 Å². The Morgan fingerprint density at radius 2 is 1.87 bits per heavy atom. The number of rotatable bonds is 4. The summed E-state index contributed by atoms with van der Waals surface area (Å²) in [5, 5.41) is 3.56. The Hall–Kier alpha value is -3.02. The van der Waals surface area contributed by atoms with Crippen LogP contribution in [0.4, 0.5) is 5.69 Å². The Labute approximate surface area is 190 Å². The largest absolute Gasteiger partial charge is 0.348 e. The maximum atomic E-state index is 12.9. The number of nitrogens with one attached hydrogen (secondary N) is 1. The summed E-state index contributed by atoms with van der Waals surface area (Å²) in [6, 6.07) is 20.9. The summed E-state index contributed by atoms with van der Waals surface area (Å²) in [7, 11) is 1.72. The van der Waals surface area contributed by atoms with Gasteiger partial charge in [0.1, 0.15) is 0 Å². The van der Waals surface area contributed by atoms with E-state index in [-0.39, 0.29) is 11.8 Å². The SMILES string of the molecule is Cc1ccc(CNC(=O)c2ccc3c(c2)N(C)C(=O)C(=Cc2cccc(Cl)c2)S3)cc1. The van der Waals surface area contributed by atoms with Crippen molar-refractivity contribution in [2.45, 2.75) is 18.4 Å². The highest BCUT2D eigenvalue weighted by atomic mass is 35.5. The molecule has 31 heavy (non-hydrogen) atoms. The molecule has 0 fully saturated rings. The van der Waals surface area contributed by atoms with E-state index in [0.717, 1.165) is 21.7 Å². The molecular formula is C25H21ClN2O2S. The number of nitrogens with zero attached hydrogens (tertiary/aromatic N) is 1. The Bertz CT molecular complexity index is 1190. The molecule has 2 amide bonds. The van der Waals surface area contributed by atoms with E-state index in [1.54, 1.807) is 30.1 Å². The number of benzene rings is 3. The number of aryl methyl sites for hydroxylation is 1. The molecular weight excluding hydrogens is 428 g/mol. The number of carbonyl (C=O) groups is 2. The zero-order valence-corrected chi connectivity index (χ0v) is 18.8. The molecule has 1 N–H and O–H groups in total. The van der Waals surface area contributed by atoms with Crippen LogP contribution in [0.3, 0.4) is 0 Å². The van der Waals surface area contributed by atoms with Gasteiger partial charge in [-0.3, -0.25) is 9.59 Å². The van der Waals surface area contributed by atoms with Gasteiger partial charge in [-0.2, -0.15) is 0 Å². The van der Waals surface area contributed by atoms with E-state index in [9.17, 15) is 9.59 Å². The minimum absolute atomic E-state index is 0.116. The van der Waals surface area contributed by atoms with Crippen LogP contribution in [0.1, 0.15) is 27.0 Å². The molecule has 1 aliphatic heterocycles. The smallest absolute Gasteiger partial charge is 0.264 e. The van der Waals surface area contributed by atoms with Crippen molar-refractivity contribution in [3.63, 3.8) is 0 Å². The molecule has 4 rings (SSSR count). The minimum atomic E-state index is -0.172. The summed E-state index contributed by atoms with van der Waals surface area (Å²) in [6.07, 6.45) is 1.83. The van der Waals surface area contributed by atoms with E-state index < -0.39 is 0 Å². The normalized spacial score (nSPS) is 14.5. The topological polar surface area (TPSA) is 49.4 Å². The summed E-state index contributed by atoms with van der Waals surface area (Å²) in [5.74, 6) is -0.288. The molecule has 0 unspecified atom stereocenters. The summed E-state index contributed by atoms with van der Waals surface area (Å²) < 4.78 is 0. The lowest BCUT2D eigenvalue weighted by molar-refractivity contribution is -0.114. The van der Waals surface area contributed by atoms with E-state index >= 15 is 0 Å². The van der Waals surface area contributed by atoms with Crippen LogP contribution in [0.2, 0.25) is 5.02 Å².